The Hall–Kier alpha value is -5.10. The summed E-state index contributed by atoms with van der Waals surface area (Å²) in [6.45, 7) is 0.258. The van der Waals surface area contributed by atoms with E-state index in [1.807, 2.05) is 36.4 Å². The lowest BCUT2D eigenvalue weighted by Crippen LogP contribution is -2.30. The first-order valence-electron chi connectivity index (χ1n) is 11.3. The number of hydrogen-bond donors (Lipinski definition) is 2. The zero-order valence-corrected chi connectivity index (χ0v) is 20.5. The molecule has 37 heavy (non-hydrogen) atoms. The molecule has 3 aromatic rings. The van der Waals surface area contributed by atoms with Gasteiger partial charge in [-0.25, -0.2) is 4.99 Å². The Morgan fingerprint density at radius 3 is 2.11 bits per heavy atom. The lowest BCUT2D eigenvalue weighted by molar-refractivity contribution is -0.117. The molecule has 9 heteroatoms. The van der Waals surface area contributed by atoms with Gasteiger partial charge in [-0.15, -0.1) is 0 Å². The van der Waals surface area contributed by atoms with Gasteiger partial charge in [0, 0.05) is 23.2 Å². The Balaban J connectivity index is 1.66. The summed E-state index contributed by atoms with van der Waals surface area (Å²) in [5, 5.41) is 15.4. The third kappa shape index (κ3) is 5.13. The molecule has 9 nitrogen and oxygen atoms in total. The number of benzene rings is 3. The molecule has 0 bridgehead atoms. The number of amides is 2. The monoisotopic (exact) mass is 496 g/mol. The van der Waals surface area contributed by atoms with Crippen LogP contribution in [0.2, 0.25) is 0 Å². The summed E-state index contributed by atoms with van der Waals surface area (Å²) >= 11 is 0. The molecule has 0 fully saturated rings. The van der Waals surface area contributed by atoms with E-state index >= 15 is 0 Å². The van der Waals surface area contributed by atoms with Crippen LogP contribution in [0.15, 0.2) is 77.3 Å². The van der Waals surface area contributed by atoms with Crippen LogP contribution in [-0.4, -0.2) is 39.0 Å². The predicted molar refractivity (Wildman–Crippen MR) is 137 cm³/mol. The quantitative estimate of drug-likeness (QED) is 0.382. The van der Waals surface area contributed by atoms with E-state index in [9.17, 15) is 14.9 Å². The normalized spacial score (nSPS) is 13.0. The molecule has 0 aromatic heterocycles. The minimum atomic E-state index is -0.558. The zero-order valence-electron chi connectivity index (χ0n) is 20.5. The van der Waals surface area contributed by atoms with E-state index in [0.717, 1.165) is 5.56 Å². The maximum Gasteiger partial charge on any atom is 0.264 e. The number of nitrogens with zero attached hydrogens (tertiary/aromatic N) is 2. The van der Waals surface area contributed by atoms with Crippen molar-refractivity contribution in [3.63, 3.8) is 0 Å². The second-order valence-electron chi connectivity index (χ2n) is 7.88. The Morgan fingerprint density at radius 2 is 1.51 bits per heavy atom. The maximum atomic E-state index is 13.2. The van der Waals surface area contributed by atoms with Crippen molar-refractivity contribution in [1.29, 1.82) is 5.26 Å². The molecule has 0 unspecified atom stereocenters. The number of aliphatic imine (C=N–C) groups is 1. The summed E-state index contributed by atoms with van der Waals surface area (Å²) < 4.78 is 16.0. The highest BCUT2D eigenvalue weighted by molar-refractivity contribution is 6.20. The highest BCUT2D eigenvalue weighted by Gasteiger charge is 2.28. The second kappa shape index (κ2) is 11.1. The van der Waals surface area contributed by atoms with Crippen molar-refractivity contribution in [2.75, 3.05) is 21.3 Å². The van der Waals surface area contributed by atoms with Crippen LogP contribution in [0.1, 0.15) is 27.0 Å². The van der Waals surface area contributed by atoms with Crippen LogP contribution in [-0.2, 0) is 11.3 Å². The summed E-state index contributed by atoms with van der Waals surface area (Å²) in [6.07, 6.45) is 0. The lowest BCUT2D eigenvalue weighted by Gasteiger charge is -2.14. The largest absolute Gasteiger partial charge is 0.493 e. The van der Waals surface area contributed by atoms with Crippen LogP contribution in [0.3, 0.4) is 0 Å². The number of amidine groups is 1. The van der Waals surface area contributed by atoms with Crippen molar-refractivity contribution in [1.82, 2.24) is 10.6 Å². The predicted octanol–water partition coefficient (Wildman–Crippen LogP) is 3.45. The van der Waals surface area contributed by atoms with Crippen molar-refractivity contribution < 1.29 is 23.8 Å². The van der Waals surface area contributed by atoms with E-state index in [0.29, 0.717) is 28.4 Å². The molecule has 1 aliphatic rings. The van der Waals surface area contributed by atoms with Crippen molar-refractivity contribution in [3.05, 3.63) is 94.6 Å². The van der Waals surface area contributed by atoms with Gasteiger partial charge < -0.3 is 24.8 Å². The first kappa shape index (κ1) is 25.0. The average molecular weight is 497 g/mol. The Labute approximate surface area is 214 Å². The number of carbonyl (C=O) groups is 2. The molecule has 0 atom stereocenters. The zero-order chi connectivity index (χ0) is 26.4. The van der Waals surface area contributed by atoms with Gasteiger partial charge in [-0.05, 0) is 17.7 Å². The van der Waals surface area contributed by atoms with Gasteiger partial charge in [0.2, 0.25) is 5.75 Å². The van der Waals surface area contributed by atoms with E-state index in [4.69, 9.17) is 14.2 Å². The molecule has 0 spiro atoms. The summed E-state index contributed by atoms with van der Waals surface area (Å²) in [4.78, 5) is 30.6. The lowest BCUT2D eigenvalue weighted by atomic mass is 10.0. The molecule has 3 aromatic carbocycles. The van der Waals surface area contributed by atoms with Crippen molar-refractivity contribution in [2.24, 2.45) is 4.99 Å². The molecule has 4 rings (SSSR count). The van der Waals surface area contributed by atoms with Gasteiger partial charge in [-0.3, -0.25) is 9.59 Å². The Bertz CT molecular complexity index is 1430. The SMILES string of the molecule is COc1cc(C(=O)NC2=NC(=C(C#N)C(=O)NCc3ccccc3)c3ccccc32)cc(OC)c1OC. The van der Waals surface area contributed by atoms with E-state index in [-0.39, 0.29) is 29.2 Å². The smallest absolute Gasteiger partial charge is 0.264 e. The number of nitrogens with one attached hydrogen (secondary N) is 2. The van der Waals surface area contributed by atoms with Crippen LogP contribution in [0, 0.1) is 11.3 Å². The van der Waals surface area contributed by atoms with Crippen LogP contribution in [0.25, 0.3) is 5.70 Å². The molecular formula is C28H24N4O5. The maximum absolute atomic E-state index is 13.2. The summed E-state index contributed by atoms with van der Waals surface area (Å²) in [5.41, 5.74) is 2.32. The molecule has 1 aliphatic heterocycles. The Morgan fingerprint density at radius 1 is 0.892 bits per heavy atom. The van der Waals surface area contributed by atoms with Crippen molar-refractivity contribution in [3.8, 4) is 23.3 Å². The third-order valence-corrected chi connectivity index (χ3v) is 5.69. The molecule has 0 saturated carbocycles. The van der Waals surface area contributed by atoms with Gasteiger partial charge in [0.15, 0.2) is 11.5 Å². The fraction of sp³-hybridized carbons (Fsp3) is 0.143. The number of rotatable bonds is 7. The highest BCUT2D eigenvalue weighted by Crippen LogP contribution is 2.38. The number of nitriles is 1. The van der Waals surface area contributed by atoms with Crippen molar-refractivity contribution in [2.45, 2.75) is 6.54 Å². The van der Waals surface area contributed by atoms with Gasteiger partial charge in [0.25, 0.3) is 11.8 Å². The van der Waals surface area contributed by atoms with Crippen LogP contribution >= 0.6 is 0 Å². The highest BCUT2D eigenvalue weighted by atomic mass is 16.5. The van der Waals surface area contributed by atoms with E-state index in [1.165, 1.54) is 33.5 Å². The number of methoxy groups -OCH3 is 3. The van der Waals surface area contributed by atoms with Crippen LogP contribution < -0.4 is 24.8 Å². The minimum absolute atomic E-state index is 0.152. The molecule has 0 saturated heterocycles. The molecule has 2 N–H and O–H groups in total. The topological polar surface area (TPSA) is 122 Å². The van der Waals surface area contributed by atoms with E-state index in [1.54, 1.807) is 24.3 Å². The summed E-state index contributed by atoms with van der Waals surface area (Å²) in [7, 11) is 4.39. The third-order valence-electron chi connectivity index (χ3n) is 5.69. The van der Waals surface area contributed by atoms with E-state index in [2.05, 4.69) is 15.6 Å². The van der Waals surface area contributed by atoms with Gasteiger partial charge in [-0.2, -0.15) is 5.26 Å². The molecule has 0 aliphatic carbocycles. The number of carbonyl (C=O) groups excluding carboxylic acids is 2. The first-order valence-corrected chi connectivity index (χ1v) is 11.3. The average Bonchev–Trinajstić information content (AvgIpc) is 3.29. The van der Waals surface area contributed by atoms with Gasteiger partial charge in [0.1, 0.15) is 17.5 Å². The summed E-state index contributed by atoms with van der Waals surface area (Å²) in [6, 6.07) is 21.4. The molecule has 1 heterocycles. The second-order valence-corrected chi connectivity index (χ2v) is 7.88. The summed E-state index contributed by atoms with van der Waals surface area (Å²) in [5.74, 6) is 0.174. The standard InChI is InChI=1S/C28H24N4O5/c1-35-22-13-18(14-23(36-2)25(22)37-3)27(33)32-26-20-12-8-7-11-19(20)24(31-26)21(15-29)28(34)30-16-17-9-5-4-6-10-17/h4-14H,16H2,1-3H3,(H,30,34)(H,31,32,33). The van der Waals surface area contributed by atoms with Crippen molar-refractivity contribution >= 4 is 23.3 Å². The van der Waals surface area contributed by atoms with E-state index < -0.39 is 11.8 Å². The molecule has 2 amide bonds. The molecule has 0 radical (unpaired) electrons. The fourth-order valence-corrected chi connectivity index (χ4v) is 3.88. The number of ether oxygens (including phenoxy) is 3. The van der Waals surface area contributed by atoms with Gasteiger partial charge in [-0.1, -0.05) is 54.6 Å². The van der Waals surface area contributed by atoms with Gasteiger partial charge in [0.05, 0.1) is 27.0 Å². The van der Waals surface area contributed by atoms with Crippen LogP contribution in [0.4, 0.5) is 0 Å². The Kier molecular flexibility index (Phi) is 7.50. The number of fused-ring (bicyclic) bond motifs is 1. The molecular weight excluding hydrogens is 472 g/mol. The fourth-order valence-electron chi connectivity index (χ4n) is 3.88. The number of hydrogen-bond acceptors (Lipinski definition) is 7. The van der Waals surface area contributed by atoms with Crippen LogP contribution in [0.5, 0.6) is 17.2 Å². The minimum Gasteiger partial charge on any atom is -0.493 e. The molecule has 186 valence electrons. The first-order chi connectivity index (χ1) is 18.0. The van der Waals surface area contributed by atoms with Gasteiger partial charge >= 0.3 is 0 Å².